The maximum atomic E-state index is 12.5. The molecule has 0 saturated carbocycles. The van der Waals surface area contributed by atoms with Crippen LogP contribution < -0.4 is 0 Å². The van der Waals surface area contributed by atoms with E-state index in [4.69, 9.17) is 11.6 Å². The Morgan fingerprint density at radius 1 is 1.32 bits per heavy atom. The second kappa shape index (κ2) is 6.22. The minimum Gasteiger partial charge on any atom is -0.395 e. The highest BCUT2D eigenvalue weighted by Crippen LogP contribution is 2.25. The van der Waals surface area contributed by atoms with Gasteiger partial charge >= 0.3 is 0 Å². The van der Waals surface area contributed by atoms with Crippen molar-refractivity contribution < 1.29 is 13.5 Å². The maximum Gasteiger partial charge on any atom is 0.243 e. The monoisotopic (exact) mass is 303 g/mol. The second-order valence-corrected chi connectivity index (χ2v) is 6.95. The molecule has 1 N–H and O–H groups in total. The molecular formula is C13H18ClNO3S. The largest absolute Gasteiger partial charge is 0.395 e. The van der Waals surface area contributed by atoms with Crippen molar-refractivity contribution in [1.29, 1.82) is 0 Å². The normalized spacial score (nSPS) is 20.8. The van der Waals surface area contributed by atoms with Crippen molar-refractivity contribution in [2.75, 3.05) is 19.0 Å². The van der Waals surface area contributed by atoms with Gasteiger partial charge in [0.15, 0.2) is 0 Å². The number of sulfonamides is 1. The van der Waals surface area contributed by atoms with Gasteiger partial charge in [-0.15, -0.1) is 11.6 Å². The number of rotatable bonds is 5. The van der Waals surface area contributed by atoms with Crippen molar-refractivity contribution in [3.63, 3.8) is 0 Å². The number of halogens is 1. The van der Waals surface area contributed by atoms with Crippen molar-refractivity contribution in [3.05, 3.63) is 29.8 Å². The molecule has 1 saturated heterocycles. The Morgan fingerprint density at radius 2 is 2.00 bits per heavy atom. The summed E-state index contributed by atoms with van der Waals surface area (Å²) in [5.41, 5.74) is 1.02. The van der Waals surface area contributed by atoms with Crippen molar-refractivity contribution >= 4 is 21.6 Å². The Labute approximate surface area is 119 Å². The lowest BCUT2D eigenvalue weighted by molar-refractivity contribution is 0.213. The molecule has 1 aliphatic rings. The summed E-state index contributed by atoms with van der Waals surface area (Å²) < 4.78 is 26.3. The molecule has 106 valence electrons. The third-order valence-corrected chi connectivity index (χ3v) is 5.60. The van der Waals surface area contributed by atoms with Crippen molar-refractivity contribution in [2.45, 2.75) is 30.2 Å². The van der Waals surface area contributed by atoms with Crippen molar-refractivity contribution in [3.8, 4) is 0 Å². The van der Waals surface area contributed by atoms with E-state index in [9.17, 15) is 13.5 Å². The van der Waals surface area contributed by atoms with Crippen LogP contribution in [0.3, 0.4) is 0 Å². The van der Waals surface area contributed by atoms with Gasteiger partial charge in [-0.05, 0) is 37.0 Å². The van der Waals surface area contributed by atoms with Crippen LogP contribution in [0.15, 0.2) is 29.2 Å². The first kappa shape index (κ1) is 14.8. The Morgan fingerprint density at radius 3 is 2.58 bits per heavy atom. The van der Waals surface area contributed by atoms with Gasteiger partial charge in [0.25, 0.3) is 0 Å². The van der Waals surface area contributed by atoms with E-state index in [1.54, 1.807) is 24.3 Å². The van der Waals surface area contributed by atoms with E-state index < -0.39 is 10.0 Å². The Bertz CT molecular complexity index is 515. The third-order valence-electron chi connectivity index (χ3n) is 3.45. The molecule has 19 heavy (non-hydrogen) atoms. The molecule has 1 aliphatic heterocycles. The highest BCUT2D eigenvalue weighted by atomic mass is 35.5. The quantitative estimate of drug-likeness (QED) is 0.841. The molecule has 0 amide bonds. The first-order chi connectivity index (χ1) is 9.09. The van der Waals surface area contributed by atoms with Crippen LogP contribution in [0.4, 0.5) is 0 Å². The van der Waals surface area contributed by atoms with Crippen LogP contribution in [0.1, 0.15) is 18.4 Å². The number of aryl methyl sites for hydroxylation is 1. The van der Waals surface area contributed by atoms with E-state index in [0.29, 0.717) is 12.4 Å². The molecule has 0 aromatic heterocycles. The molecule has 0 bridgehead atoms. The lowest BCUT2D eigenvalue weighted by Crippen LogP contribution is -2.37. The number of aliphatic hydroxyl groups excluding tert-OH is 1. The molecule has 6 heteroatoms. The first-order valence-corrected chi connectivity index (χ1v) is 8.34. The number of alkyl halides is 1. The van der Waals surface area contributed by atoms with Crippen LogP contribution in [0.2, 0.25) is 0 Å². The van der Waals surface area contributed by atoms with Gasteiger partial charge in [-0.3, -0.25) is 0 Å². The zero-order valence-corrected chi connectivity index (χ0v) is 12.2. The van der Waals surface area contributed by atoms with Gasteiger partial charge in [0.2, 0.25) is 10.0 Å². The molecule has 1 fully saturated rings. The van der Waals surface area contributed by atoms with Gasteiger partial charge in [0.05, 0.1) is 11.5 Å². The van der Waals surface area contributed by atoms with Crippen LogP contribution >= 0.6 is 11.6 Å². The summed E-state index contributed by atoms with van der Waals surface area (Å²) in [6.45, 7) is 0.362. The zero-order valence-electron chi connectivity index (χ0n) is 10.6. The molecule has 4 nitrogen and oxygen atoms in total. The summed E-state index contributed by atoms with van der Waals surface area (Å²) >= 11 is 5.65. The summed E-state index contributed by atoms with van der Waals surface area (Å²) in [6.07, 6.45) is 2.25. The highest BCUT2D eigenvalue weighted by molar-refractivity contribution is 7.89. The summed E-state index contributed by atoms with van der Waals surface area (Å²) in [5.74, 6) is 0.519. The molecule has 0 radical (unpaired) electrons. The third kappa shape index (κ3) is 3.11. The molecule has 1 aromatic rings. The van der Waals surface area contributed by atoms with Gasteiger partial charge in [-0.1, -0.05) is 12.1 Å². The Balaban J connectivity index is 2.24. The van der Waals surface area contributed by atoms with E-state index in [-0.39, 0.29) is 17.5 Å². The predicted octanol–water partition coefficient (Wildman–Crippen LogP) is 1.61. The molecule has 0 spiro atoms. The minimum absolute atomic E-state index is 0.121. The zero-order chi connectivity index (χ0) is 13.9. The second-order valence-electron chi connectivity index (χ2n) is 4.68. The van der Waals surface area contributed by atoms with Crippen molar-refractivity contribution in [1.82, 2.24) is 4.31 Å². The van der Waals surface area contributed by atoms with E-state index in [0.717, 1.165) is 24.8 Å². The lowest BCUT2D eigenvalue weighted by atomic mass is 10.2. The van der Waals surface area contributed by atoms with E-state index in [1.807, 2.05) is 0 Å². The first-order valence-electron chi connectivity index (χ1n) is 6.37. The molecule has 1 heterocycles. The molecule has 1 atom stereocenters. The average Bonchev–Trinajstić information content (AvgIpc) is 2.89. The van der Waals surface area contributed by atoms with E-state index >= 15 is 0 Å². The lowest BCUT2D eigenvalue weighted by Gasteiger charge is -2.22. The number of nitrogens with zero attached hydrogens (tertiary/aromatic N) is 1. The summed E-state index contributed by atoms with van der Waals surface area (Å²) in [7, 11) is -3.49. The van der Waals surface area contributed by atoms with Crippen LogP contribution in [-0.2, 0) is 16.4 Å². The van der Waals surface area contributed by atoms with Crippen LogP contribution in [0, 0.1) is 0 Å². The summed E-state index contributed by atoms with van der Waals surface area (Å²) in [5, 5.41) is 9.24. The fraction of sp³-hybridized carbons (Fsp3) is 0.538. The fourth-order valence-electron chi connectivity index (χ4n) is 2.38. The SMILES string of the molecule is O=S(=O)(c1ccc(CCCl)cc1)N1CCC[C@H]1CO. The van der Waals surface area contributed by atoms with Gasteiger partial charge in [-0.2, -0.15) is 4.31 Å². The predicted molar refractivity (Wildman–Crippen MR) is 74.9 cm³/mol. The summed E-state index contributed by atoms with van der Waals surface area (Å²) in [6, 6.07) is 6.53. The highest BCUT2D eigenvalue weighted by Gasteiger charge is 2.34. The van der Waals surface area contributed by atoms with Gasteiger partial charge < -0.3 is 5.11 Å². The van der Waals surface area contributed by atoms with Crippen LogP contribution in [0.5, 0.6) is 0 Å². The van der Waals surface area contributed by atoms with Gasteiger partial charge in [-0.25, -0.2) is 8.42 Å². The Hall–Kier alpha value is -0.620. The molecule has 0 aliphatic carbocycles. The van der Waals surface area contributed by atoms with Crippen LogP contribution in [-0.4, -0.2) is 42.9 Å². The molecule has 2 rings (SSSR count). The average molecular weight is 304 g/mol. The molecular weight excluding hydrogens is 286 g/mol. The number of hydrogen-bond acceptors (Lipinski definition) is 3. The smallest absolute Gasteiger partial charge is 0.243 e. The number of hydrogen-bond donors (Lipinski definition) is 1. The van der Waals surface area contributed by atoms with Gasteiger partial charge in [0, 0.05) is 18.5 Å². The van der Waals surface area contributed by atoms with Crippen LogP contribution in [0.25, 0.3) is 0 Å². The number of aliphatic hydroxyl groups is 1. The van der Waals surface area contributed by atoms with E-state index in [2.05, 4.69) is 0 Å². The van der Waals surface area contributed by atoms with Crippen molar-refractivity contribution in [2.24, 2.45) is 0 Å². The van der Waals surface area contributed by atoms with E-state index in [1.165, 1.54) is 4.31 Å². The molecule has 0 unspecified atom stereocenters. The summed E-state index contributed by atoms with van der Waals surface area (Å²) in [4.78, 5) is 0.283. The number of benzene rings is 1. The van der Waals surface area contributed by atoms with Gasteiger partial charge in [0.1, 0.15) is 0 Å². The Kier molecular flexibility index (Phi) is 4.84. The fourth-order valence-corrected chi connectivity index (χ4v) is 4.28. The minimum atomic E-state index is -3.49. The standard InChI is InChI=1S/C13H18ClNO3S/c14-8-7-11-3-5-13(6-4-11)19(17,18)15-9-1-2-12(15)10-16/h3-6,12,16H,1-2,7-10H2/t12-/m0/s1. The maximum absolute atomic E-state index is 12.5. The molecule has 1 aromatic carbocycles. The topological polar surface area (TPSA) is 57.6 Å².